The van der Waals surface area contributed by atoms with E-state index >= 15 is 0 Å². The summed E-state index contributed by atoms with van der Waals surface area (Å²) in [5.41, 5.74) is 11.3. The van der Waals surface area contributed by atoms with Crippen LogP contribution >= 0.6 is 22.7 Å². The predicted molar refractivity (Wildman–Crippen MR) is 251 cm³/mol. The Labute approximate surface area is 364 Å². The third-order valence-corrected chi connectivity index (χ3v) is 12.8. The van der Waals surface area contributed by atoms with Gasteiger partial charge in [0.15, 0.2) is 26.4 Å². The largest absolute Gasteiger partial charge is 0.388 e. The van der Waals surface area contributed by atoms with E-state index < -0.39 is 8.07 Å². The Morgan fingerprint density at radius 1 is 0.770 bits per heavy atom. The molecule has 0 amide bonds. The summed E-state index contributed by atoms with van der Waals surface area (Å²) in [6.45, 7) is 8.02. The van der Waals surface area contributed by atoms with Gasteiger partial charge in [-0.05, 0) is 18.2 Å². The number of nitrogens with zero attached hydrogens (tertiary/aromatic N) is 6. The average molecular weight is 863 g/mol. The van der Waals surface area contributed by atoms with E-state index in [-0.39, 0.29) is 52.8 Å². The van der Waals surface area contributed by atoms with Crippen molar-refractivity contribution in [2.24, 2.45) is 4.99 Å². The molecule has 4 aromatic carbocycles. The number of nitrogens with two attached hydrogens (primary N) is 1. The van der Waals surface area contributed by atoms with Crippen molar-refractivity contribution in [1.82, 2.24) is 19.5 Å². The highest BCUT2D eigenvalue weighted by atomic mass is 32.1. The predicted octanol–water partition coefficient (Wildman–Crippen LogP) is 11.3. The van der Waals surface area contributed by atoms with Crippen molar-refractivity contribution in [3.05, 3.63) is 165 Å². The zero-order valence-corrected chi connectivity index (χ0v) is 35.1. The number of anilines is 1. The van der Waals surface area contributed by atoms with Gasteiger partial charge in [-0.1, -0.05) is 154 Å². The molecular weight excluding hydrogens is 817 g/mol. The van der Waals surface area contributed by atoms with Crippen LogP contribution in [0.5, 0.6) is 0 Å². The number of ketones is 2. The molecule has 0 atom stereocenters. The number of carbonyl (C=O) groups excluding carboxylic acids is 2. The van der Waals surface area contributed by atoms with Crippen molar-refractivity contribution in [2.45, 2.75) is 47.3 Å². The highest BCUT2D eigenvalue weighted by molar-refractivity contribution is 7.18. The third kappa shape index (κ3) is 10.3. The molecule has 0 unspecified atom stereocenters. The molecule has 0 saturated carbocycles. The third-order valence-electron chi connectivity index (χ3n) is 9.26. The van der Waals surface area contributed by atoms with Gasteiger partial charge in [0, 0.05) is 54.5 Å². The fourth-order valence-corrected chi connectivity index (χ4v) is 8.56. The quantitative estimate of drug-likeness (QED) is 0.0528. The van der Waals surface area contributed by atoms with E-state index in [2.05, 4.69) is 40.7 Å². The molecule has 11 nitrogen and oxygen atoms in total. The summed E-state index contributed by atoms with van der Waals surface area (Å²) >= 11 is 2.17. The number of hydrogen-bond acceptors (Lipinski definition) is 11. The molecular formula is C47H46N8O3S2Si. The van der Waals surface area contributed by atoms with Crippen LogP contribution in [0.2, 0.25) is 25.7 Å². The summed E-state index contributed by atoms with van der Waals surface area (Å²) in [4.78, 5) is 42.5. The molecule has 0 saturated heterocycles. The van der Waals surface area contributed by atoms with E-state index in [0.29, 0.717) is 35.2 Å². The molecule has 4 heterocycles. The first-order valence-electron chi connectivity index (χ1n) is 18.6. The molecule has 0 aliphatic heterocycles. The van der Waals surface area contributed by atoms with E-state index in [1.807, 2.05) is 126 Å². The van der Waals surface area contributed by atoms with Gasteiger partial charge in [0.25, 0.3) is 0 Å². The molecule has 8 rings (SSSR count). The summed E-state index contributed by atoms with van der Waals surface area (Å²) in [5, 5.41) is 21.5. The molecule has 0 fully saturated rings. The standard InChI is InChI=1S/C32H30N4O2SSi.C13H8N4OS.2CH4/c1-40(2,3)19-18-38-22-36-21-26(25-16-10-11-17-28(25)36)30(37)32-34-27(20-33)31(39-32)35-29(23-12-6-4-7-13-23)24-14-8-5-9-15-24;14-5-10-12(15)19-13(17-10)11(18)8-6-16-9-4-2-1-3-7(8)9;;/h4-17,21H,18-19,22H2,1-3H3;1-4,6,16H,15H2;2*1H4. The van der Waals surface area contributed by atoms with Crippen LogP contribution in [0, 0.1) is 22.7 Å². The van der Waals surface area contributed by atoms with Crippen LogP contribution in [0.1, 0.15) is 68.1 Å². The van der Waals surface area contributed by atoms with Crippen LogP contribution in [0.25, 0.3) is 21.8 Å². The van der Waals surface area contributed by atoms with Gasteiger partial charge in [-0.2, -0.15) is 10.5 Å². The van der Waals surface area contributed by atoms with Crippen molar-refractivity contribution in [3.8, 4) is 12.1 Å². The number of thiazole rings is 2. The van der Waals surface area contributed by atoms with Crippen LogP contribution in [0.3, 0.4) is 0 Å². The maximum atomic E-state index is 13.8. The van der Waals surface area contributed by atoms with E-state index in [9.17, 15) is 14.9 Å². The minimum atomic E-state index is -1.20. The number of fused-ring (bicyclic) bond motifs is 2. The van der Waals surface area contributed by atoms with Crippen LogP contribution in [-0.2, 0) is 11.5 Å². The van der Waals surface area contributed by atoms with Crippen LogP contribution in [-0.4, -0.2) is 51.5 Å². The topological polar surface area (TPSA) is 176 Å². The second-order valence-corrected chi connectivity index (χ2v) is 22.2. The summed E-state index contributed by atoms with van der Waals surface area (Å²) in [7, 11) is -1.20. The molecule has 0 spiro atoms. The number of benzene rings is 4. The van der Waals surface area contributed by atoms with Gasteiger partial charge in [-0.25, -0.2) is 15.0 Å². The lowest BCUT2D eigenvalue weighted by Gasteiger charge is -2.15. The first-order valence-corrected chi connectivity index (χ1v) is 24.0. The number of nitrogen functional groups attached to an aromatic ring is 1. The number of hydrogen-bond donors (Lipinski definition) is 2. The normalized spacial score (nSPS) is 10.7. The zero-order chi connectivity index (χ0) is 41.5. The summed E-state index contributed by atoms with van der Waals surface area (Å²) in [6, 6.07) is 40.0. The Bertz CT molecular complexity index is 2870. The minimum Gasteiger partial charge on any atom is -0.388 e. The monoisotopic (exact) mass is 862 g/mol. The minimum absolute atomic E-state index is 0. The number of ether oxygens (including phenoxy) is 1. The molecule has 0 aliphatic carbocycles. The number of aromatic nitrogens is 4. The van der Waals surface area contributed by atoms with Gasteiger partial charge in [0.1, 0.15) is 23.9 Å². The van der Waals surface area contributed by atoms with Crippen LogP contribution < -0.4 is 5.73 Å². The number of aromatic amines is 1. The Hall–Kier alpha value is -6.81. The molecule has 14 heteroatoms. The summed E-state index contributed by atoms with van der Waals surface area (Å²) in [5.74, 6) is -0.461. The van der Waals surface area contributed by atoms with Crippen molar-refractivity contribution >= 4 is 79.8 Å². The van der Waals surface area contributed by atoms with E-state index in [4.69, 9.17) is 20.7 Å². The SMILES string of the molecule is C.C.C[Si](C)(C)CCOCn1cc(C(=O)c2nc(C#N)c(N=C(c3ccccc3)c3ccccc3)s2)c2ccccc21.N#Cc1nc(C(=O)c2c[nH]c3ccccc23)sc1N. The lowest BCUT2D eigenvalue weighted by molar-refractivity contribution is 0.0899. The lowest BCUT2D eigenvalue weighted by atomic mass is 10.0. The van der Waals surface area contributed by atoms with Crippen molar-refractivity contribution in [2.75, 3.05) is 12.3 Å². The number of carbonyl (C=O) groups is 2. The van der Waals surface area contributed by atoms with Gasteiger partial charge in [0.2, 0.25) is 11.6 Å². The van der Waals surface area contributed by atoms with Gasteiger partial charge < -0.3 is 20.0 Å². The zero-order valence-electron chi connectivity index (χ0n) is 32.5. The average Bonchev–Trinajstić information content (AvgIpc) is 4.05. The molecule has 308 valence electrons. The van der Waals surface area contributed by atoms with Gasteiger partial charge in [-0.3, -0.25) is 9.59 Å². The Morgan fingerprint density at radius 3 is 1.95 bits per heavy atom. The van der Waals surface area contributed by atoms with Crippen molar-refractivity contribution in [1.29, 1.82) is 10.5 Å². The highest BCUT2D eigenvalue weighted by Crippen LogP contribution is 2.33. The van der Waals surface area contributed by atoms with Gasteiger partial charge >= 0.3 is 0 Å². The maximum Gasteiger partial charge on any atom is 0.223 e. The molecule has 0 aliphatic rings. The smallest absolute Gasteiger partial charge is 0.223 e. The summed E-state index contributed by atoms with van der Waals surface area (Å²) < 4.78 is 7.95. The molecule has 4 aromatic heterocycles. The first-order chi connectivity index (χ1) is 28.5. The second-order valence-electron chi connectivity index (χ2n) is 14.6. The fourth-order valence-electron chi connectivity index (χ4n) is 6.22. The molecule has 3 N–H and O–H groups in total. The molecule has 0 bridgehead atoms. The summed E-state index contributed by atoms with van der Waals surface area (Å²) in [6.07, 6.45) is 3.48. The molecule has 0 radical (unpaired) electrons. The highest BCUT2D eigenvalue weighted by Gasteiger charge is 2.24. The fraction of sp³-hybridized carbons (Fsp3) is 0.170. The van der Waals surface area contributed by atoms with E-state index in [1.54, 1.807) is 6.20 Å². The van der Waals surface area contributed by atoms with Crippen LogP contribution in [0.15, 0.2) is 127 Å². The number of para-hydroxylation sites is 2. The number of nitrogens with one attached hydrogen (secondary N) is 1. The van der Waals surface area contributed by atoms with Crippen molar-refractivity contribution < 1.29 is 14.3 Å². The second kappa shape index (κ2) is 20.0. The van der Waals surface area contributed by atoms with Gasteiger partial charge in [-0.15, -0.1) is 0 Å². The maximum absolute atomic E-state index is 13.8. The molecule has 8 aromatic rings. The number of nitriles is 2. The van der Waals surface area contributed by atoms with E-state index in [1.165, 1.54) is 0 Å². The van der Waals surface area contributed by atoms with Crippen LogP contribution in [0.4, 0.5) is 10.0 Å². The Balaban J connectivity index is 0.000000281. The molecule has 61 heavy (non-hydrogen) atoms. The number of aliphatic imine (C=N–C) groups is 1. The number of H-pyrrole nitrogens is 1. The van der Waals surface area contributed by atoms with Crippen molar-refractivity contribution in [3.63, 3.8) is 0 Å². The van der Waals surface area contributed by atoms with E-state index in [0.717, 1.165) is 61.7 Å². The lowest BCUT2D eigenvalue weighted by Crippen LogP contribution is -2.21. The Morgan fingerprint density at radius 2 is 1.33 bits per heavy atom. The Kier molecular flexibility index (Phi) is 14.8. The van der Waals surface area contributed by atoms with Gasteiger partial charge in [0.05, 0.1) is 22.4 Å². The first kappa shape index (κ1) is 45.3. The number of rotatable bonds is 12.